The van der Waals surface area contributed by atoms with E-state index in [1.54, 1.807) is 29.2 Å². The van der Waals surface area contributed by atoms with Crippen LogP contribution in [0.4, 0.5) is 14.9 Å². The van der Waals surface area contributed by atoms with Crippen molar-refractivity contribution in [3.8, 4) is 11.1 Å². The molecule has 31 heavy (non-hydrogen) atoms. The maximum absolute atomic E-state index is 14.2. The highest BCUT2D eigenvalue weighted by Crippen LogP contribution is 2.35. The molecule has 2 amide bonds. The van der Waals surface area contributed by atoms with E-state index in [1.165, 1.54) is 6.07 Å². The van der Waals surface area contributed by atoms with Gasteiger partial charge in [-0.05, 0) is 55.2 Å². The molecule has 1 fully saturated rings. The van der Waals surface area contributed by atoms with Crippen LogP contribution in [-0.4, -0.2) is 22.5 Å². The first kappa shape index (κ1) is 19.3. The average molecular weight is 415 g/mol. The van der Waals surface area contributed by atoms with Gasteiger partial charge in [0.05, 0.1) is 0 Å². The zero-order chi connectivity index (χ0) is 21.4. The number of anilines is 1. The number of aryl methyl sites for hydroxylation is 1. The first-order valence-corrected chi connectivity index (χ1v) is 10.4. The van der Waals surface area contributed by atoms with E-state index in [1.807, 2.05) is 43.3 Å². The van der Waals surface area contributed by atoms with Crippen molar-refractivity contribution in [1.82, 2.24) is 9.88 Å². The van der Waals surface area contributed by atoms with Crippen LogP contribution in [0.5, 0.6) is 0 Å². The molecule has 1 atom stereocenters. The van der Waals surface area contributed by atoms with Crippen LogP contribution >= 0.6 is 0 Å². The van der Waals surface area contributed by atoms with Gasteiger partial charge in [0.2, 0.25) is 5.89 Å². The van der Waals surface area contributed by atoms with Gasteiger partial charge >= 0.3 is 6.03 Å². The van der Waals surface area contributed by atoms with Crippen LogP contribution in [0.1, 0.15) is 30.3 Å². The highest BCUT2D eigenvalue weighted by atomic mass is 19.1. The molecule has 5 nitrogen and oxygen atoms in total. The van der Waals surface area contributed by atoms with Crippen LogP contribution in [0.3, 0.4) is 0 Å². The van der Waals surface area contributed by atoms with Gasteiger partial charge in [0.25, 0.3) is 0 Å². The molecule has 0 radical (unpaired) electrons. The summed E-state index contributed by atoms with van der Waals surface area (Å²) in [5.74, 6) is 0.235. The monoisotopic (exact) mass is 415 g/mol. The fourth-order valence-corrected chi connectivity index (χ4v) is 4.12. The highest BCUT2D eigenvalue weighted by Gasteiger charge is 2.33. The third-order valence-corrected chi connectivity index (χ3v) is 5.77. The number of fused-ring (bicyclic) bond motifs is 1. The number of carbonyl (C=O) groups excluding carboxylic acids is 1. The number of carbonyl (C=O) groups is 1. The Morgan fingerprint density at radius 2 is 1.94 bits per heavy atom. The van der Waals surface area contributed by atoms with Gasteiger partial charge in [-0.2, -0.15) is 0 Å². The number of para-hydroxylation sites is 1. The molecule has 0 unspecified atom stereocenters. The lowest BCUT2D eigenvalue weighted by atomic mass is 10.0. The molecule has 156 valence electrons. The molecule has 2 heterocycles. The molecule has 0 bridgehead atoms. The number of benzene rings is 3. The van der Waals surface area contributed by atoms with Crippen LogP contribution in [-0.2, 0) is 0 Å². The van der Waals surface area contributed by atoms with Crippen molar-refractivity contribution >= 4 is 22.8 Å². The highest BCUT2D eigenvalue weighted by molar-refractivity contribution is 5.90. The predicted octanol–water partition coefficient (Wildman–Crippen LogP) is 6.31. The zero-order valence-corrected chi connectivity index (χ0v) is 17.1. The van der Waals surface area contributed by atoms with Crippen molar-refractivity contribution in [2.24, 2.45) is 0 Å². The summed E-state index contributed by atoms with van der Waals surface area (Å²) >= 11 is 0. The zero-order valence-electron chi connectivity index (χ0n) is 17.1. The number of aromatic nitrogens is 1. The summed E-state index contributed by atoms with van der Waals surface area (Å²) in [5.41, 5.74) is 4.35. The molecule has 0 spiro atoms. The van der Waals surface area contributed by atoms with Crippen LogP contribution in [0.2, 0.25) is 0 Å². The van der Waals surface area contributed by atoms with Crippen LogP contribution in [0, 0.1) is 12.7 Å². The van der Waals surface area contributed by atoms with E-state index in [-0.39, 0.29) is 17.9 Å². The predicted molar refractivity (Wildman–Crippen MR) is 118 cm³/mol. The Hall–Kier alpha value is -3.67. The minimum absolute atomic E-state index is 0.161. The van der Waals surface area contributed by atoms with Gasteiger partial charge in [0.1, 0.15) is 17.4 Å². The Morgan fingerprint density at radius 3 is 2.77 bits per heavy atom. The van der Waals surface area contributed by atoms with E-state index in [0.29, 0.717) is 29.1 Å². The van der Waals surface area contributed by atoms with E-state index < -0.39 is 0 Å². The van der Waals surface area contributed by atoms with E-state index in [2.05, 4.69) is 10.3 Å². The van der Waals surface area contributed by atoms with E-state index >= 15 is 0 Å². The van der Waals surface area contributed by atoms with Gasteiger partial charge in [-0.1, -0.05) is 42.5 Å². The summed E-state index contributed by atoms with van der Waals surface area (Å²) in [6.07, 6.45) is 1.67. The van der Waals surface area contributed by atoms with Crippen molar-refractivity contribution in [2.75, 3.05) is 11.9 Å². The van der Waals surface area contributed by atoms with Gasteiger partial charge in [-0.25, -0.2) is 14.2 Å². The quantitative estimate of drug-likeness (QED) is 0.426. The summed E-state index contributed by atoms with van der Waals surface area (Å²) in [4.78, 5) is 19.4. The maximum Gasteiger partial charge on any atom is 0.322 e. The third-order valence-electron chi connectivity index (χ3n) is 5.77. The van der Waals surface area contributed by atoms with Gasteiger partial charge in [-0.15, -0.1) is 0 Å². The van der Waals surface area contributed by atoms with Crippen LogP contribution < -0.4 is 5.32 Å². The van der Waals surface area contributed by atoms with E-state index in [0.717, 1.165) is 29.7 Å². The number of amides is 2. The number of oxazole rings is 1. The molecule has 4 aromatic rings. The fraction of sp³-hybridized carbons (Fsp3) is 0.200. The molecule has 1 aromatic heterocycles. The van der Waals surface area contributed by atoms with Crippen molar-refractivity contribution in [3.63, 3.8) is 0 Å². The topological polar surface area (TPSA) is 58.4 Å². The average Bonchev–Trinajstić information content (AvgIpc) is 3.42. The SMILES string of the molecule is Cc1ccccc1NC(=O)N1CCC[C@H]1c1nc2cc(-c3ccccc3F)ccc2o1. The lowest BCUT2D eigenvalue weighted by Gasteiger charge is -2.23. The molecular formula is C25H22FN3O2. The summed E-state index contributed by atoms with van der Waals surface area (Å²) < 4.78 is 20.2. The van der Waals surface area contributed by atoms with Crippen molar-refractivity contribution in [3.05, 3.63) is 84.0 Å². The Morgan fingerprint density at radius 1 is 1.13 bits per heavy atom. The maximum atomic E-state index is 14.2. The molecule has 0 aliphatic carbocycles. The molecule has 1 saturated heterocycles. The number of urea groups is 1. The first-order valence-electron chi connectivity index (χ1n) is 10.4. The molecule has 0 saturated carbocycles. The number of hydrogen-bond donors (Lipinski definition) is 1. The molecule has 3 aromatic carbocycles. The number of nitrogens with zero attached hydrogens (tertiary/aromatic N) is 2. The number of nitrogens with one attached hydrogen (secondary N) is 1. The summed E-state index contributed by atoms with van der Waals surface area (Å²) in [6.45, 7) is 2.60. The first-order chi connectivity index (χ1) is 15.1. The molecule has 5 rings (SSSR count). The lowest BCUT2D eigenvalue weighted by Crippen LogP contribution is -2.34. The van der Waals surface area contributed by atoms with E-state index in [9.17, 15) is 9.18 Å². The second-order valence-corrected chi connectivity index (χ2v) is 7.81. The van der Waals surface area contributed by atoms with Gasteiger partial charge < -0.3 is 14.6 Å². The Labute approximate surface area is 179 Å². The molecular weight excluding hydrogens is 393 g/mol. The summed E-state index contributed by atoms with van der Waals surface area (Å²) in [6, 6.07) is 19.4. The fourth-order valence-electron chi connectivity index (χ4n) is 4.12. The summed E-state index contributed by atoms with van der Waals surface area (Å²) in [7, 11) is 0. The summed E-state index contributed by atoms with van der Waals surface area (Å²) in [5, 5.41) is 3.00. The second kappa shape index (κ2) is 7.87. The molecule has 1 aliphatic heterocycles. The standard InChI is InChI=1S/C25H22FN3O2/c1-16-7-2-5-10-20(16)28-25(30)29-14-6-11-22(29)24-27-21-15-17(12-13-23(21)31-24)18-8-3-4-9-19(18)26/h2-5,7-10,12-13,15,22H,6,11,14H2,1H3,(H,28,30)/t22-/m0/s1. The number of likely N-dealkylation sites (tertiary alicyclic amines) is 1. The smallest absolute Gasteiger partial charge is 0.322 e. The van der Waals surface area contributed by atoms with Crippen molar-refractivity contribution < 1.29 is 13.6 Å². The van der Waals surface area contributed by atoms with E-state index in [4.69, 9.17) is 4.42 Å². The number of hydrogen-bond acceptors (Lipinski definition) is 3. The van der Waals surface area contributed by atoms with Crippen LogP contribution in [0.15, 0.2) is 71.1 Å². The van der Waals surface area contributed by atoms with Gasteiger partial charge in [-0.3, -0.25) is 0 Å². The van der Waals surface area contributed by atoms with Gasteiger partial charge in [0.15, 0.2) is 5.58 Å². The number of halogens is 1. The van der Waals surface area contributed by atoms with Gasteiger partial charge in [0, 0.05) is 17.8 Å². The second-order valence-electron chi connectivity index (χ2n) is 7.81. The van der Waals surface area contributed by atoms with Crippen LogP contribution in [0.25, 0.3) is 22.2 Å². The third kappa shape index (κ3) is 3.65. The largest absolute Gasteiger partial charge is 0.438 e. The normalized spacial score (nSPS) is 16.1. The molecule has 1 aliphatic rings. The Balaban J connectivity index is 1.42. The minimum Gasteiger partial charge on any atom is -0.438 e. The minimum atomic E-state index is -0.277. The molecule has 1 N–H and O–H groups in total. The Bertz CT molecular complexity index is 1270. The lowest BCUT2D eigenvalue weighted by molar-refractivity contribution is 0.199. The van der Waals surface area contributed by atoms with Crippen molar-refractivity contribution in [2.45, 2.75) is 25.8 Å². The Kier molecular flexibility index (Phi) is 4.90. The van der Waals surface area contributed by atoms with Crippen molar-refractivity contribution in [1.29, 1.82) is 0 Å². The number of rotatable bonds is 3. The molecule has 6 heteroatoms.